The van der Waals surface area contributed by atoms with Crippen LogP contribution in [0.1, 0.15) is 175 Å². The summed E-state index contributed by atoms with van der Waals surface area (Å²) in [5, 5.41) is 33.0. The molecule has 6 nitrogen and oxygen atoms in total. The zero-order chi connectivity index (χ0) is 34.1. The van der Waals surface area contributed by atoms with Crippen molar-refractivity contribution in [2.75, 3.05) is 6.61 Å². The lowest BCUT2D eigenvalue weighted by molar-refractivity contribution is -0.138. The second-order valence-electron chi connectivity index (χ2n) is 11.8. The predicted molar refractivity (Wildman–Crippen MR) is 193 cm³/mol. The Labute approximate surface area is 277 Å². The number of unbranched alkanes of at least 4 members (excludes halogenated alkanes) is 16. The lowest BCUT2D eigenvalue weighted by Crippen LogP contribution is -2.03. The summed E-state index contributed by atoms with van der Waals surface area (Å²) in [5.74, 6) is -1.34. The number of hydrogen-bond acceptors (Lipinski definition) is 4. The molecule has 0 aliphatic heterocycles. The minimum Gasteiger partial charge on any atom is -0.481 e. The van der Waals surface area contributed by atoms with E-state index in [1.807, 2.05) is 0 Å². The first kappa shape index (κ1) is 47.2. The number of hydrogen-bond donors (Lipinski definition) is 4. The Hall–Kier alpha value is -2.18. The molecule has 0 saturated heterocycles. The molecule has 4 N–H and O–H groups in total. The first-order valence-electron chi connectivity index (χ1n) is 18.1. The van der Waals surface area contributed by atoms with Crippen LogP contribution in [0, 0.1) is 0 Å². The summed E-state index contributed by atoms with van der Waals surface area (Å²) in [6.45, 7) is 5.86. The number of rotatable bonds is 29. The quantitative estimate of drug-likeness (QED) is 0.0479. The molecule has 1 unspecified atom stereocenters. The maximum absolute atomic E-state index is 10.3. The number of aliphatic hydroxyl groups excluding tert-OH is 2. The third-order valence-electron chi connectivity index (χ3n) is 6.95. The standard InChI is InChI=1S/2C18H32O2.C3H8O2/c2*1-2-3-4-5-6-7-8-9-10-11-12-13-14-15-16-17-18(19)20;1-3(5)2-4/h2*6-7,9-10H,2-5,8,11-17H2,1H3,(H,19,20);3-5H,2H2,1H3/b2*7-6-,10-9-;. The van der Waals surface area contributed by atoms with Crippen molar-refractivity contribution in [2.45, 2.75) is 181 Å². The van der Waals surface area contributed by atoms with Crippen molar-refractivity contribution in [3.63, 3.8) is 0 Å². The molecule has 0 aliphatic carbocycles. The maximum Gasteiger partial charge on any atom is 0.303 e. The lowest BCUT2D eigenvalue weighted by Gasteiger charge is -1.98. The molecule has 0 bridgehead atoms. The summed E-state index contributed by atoms with van der Waals surface area (Å²) in [5.41, 5.74) is 0. The molecule has 0 aromatic rings. The zero-order valence-electron chi connectivity index (χ0n) is 29.5. The number of allylic oxidation sites excluding steroid dienone is 8. The van der Waals surface area contributed by atoms with Gasteiger partial charge in [0.2, 0.25) is 0 Å². The van der Waals surface area contributed by atoms with Crippen molar-refractivity contribution in [1.82, 2.24) is 0 Å². The van der Waals surface area contributed by atoms with Crippen molar-refractivity contribution in [1.29, 1.82) is 0 Å². The van der Waals surface area contributed by atoms with Gasteiger partial charge in [0.25, 0.3) is 0 Å². The van der Waals surface area contributed by atoms with Gasteiger partial charge in [0.05, 0.1) is 12.7 Å². The zero-order valence-corrected chi connectivity index (χ0v) is 29.5. The van der Waals surface area contributed by atoms with Gasteiger partial charge < -0.3 is 20.4 Å². The summed E-state index contributed by atoms with van der Waals surface area (Å²) in [6, 6.07) is 0. The fourth-order valence-corrected chi connectivity index (χ4v) is 4.18. The molecule has 0 rings (SSSR count). The molecule has 0 amide bonds. The molecule has 0 aliphatic rings. The molecule has 0 saturated carbocycles. The van der Waals surface area contributed by atoms with Crippen LogP contribution >= 0.6 is 0 Å². The van der Waals surface area contributed by atoms with E-state index in [-0.39, 0.29) is 6.61 Å². The average Bonchev–Trinajstić information content (AvgIpc) is 3.01. The maximum atomic E-state index is 10.3. The van der Waals surface area contributed by atoms with E-state index in [0.29, 0.717) is 12.8 Å². The monoisotopic (exact) mass is 637 g/mol. The van der Waals surface area contributed by atoms with E-state index in [2.05, 4.69) is 62.5 Å². The van der Waals surface area contributed by atoms with Crippen molar-refractivity contribution in [3.8, 4) is 0 Å². The van der Waals surface area contributed by atoms with Gasteiger partial charge in [0.1, 0.15) is 0 Å². The largest absolute Gasteiger partial charge is 0.481 e. The van der Waals surface area contributed by atoms with E-state index in [0.717, 1.165) is 51.4 Å². The molecule has 6 heteroatoms. The van der Waals surface area contributed by atoms with Crippen LogP contribution in [0.5, 0.6) is 0 Å². The van der Waals surface area contributed by atoms with Crippen LogP contribution in [0.4, 0.5) is 0 Å². The van der Waals surface area contributed by atoms with Crippen LogP contribution in [0.25, 0.3) is 0 Å². The summed E-state index contributed by atoms with van der Waals surface area (Å²) >= 11 is 0. The van der Waals surface area contributed by atoms with Gasteiger partial charge in [-0.25, -0.2) is 0 Å². The number of carboxylic acids is 2. The van der Waals surface area contributed by atoms with E-state index in [4.69, 9.17) is 20.4 Å². The van der Waals surface area contributed by atoms with Crippen LogP contribution in [0.15, 0.2) is 48.6 Å². The fourth-order valence-electron chi connectivity index (χ4n) is 4.18. The van der Waals surface area contributed by atoms with Gasteiger partial charge in [-0.2, -0.15) is 0 Å². The van der Waals surface area contributed by atoms with Gasteiger partial charge in [-0.15, -0.1) is 0 Å². The van der Waals surface area contributed by atoms with Gasteiger partial charge in [-0.3, -0.25) is 9.59 Å². The molecule has 0 spiro atoms. The SMILES string of the molecule is CC(O)CO.CCCCC/C=C\C/C=C\CCCCCCCC(=O)O.CCCCC/C=C\C/C=C\CCCCCCCC(=O)O. The molecular weight excluding hydrogens is 564 g/mol. The fraction of sp³-hybridized carbons (Fsp3) is 0.744. The van der Waals surface area contributed by atoms with E-state index in [1.54, 1.807) is 0 Å². The van der Waals surface area contributed by atoms with Gasteiger partial charge >= 0.3 is 11.9 Å². The first-order valence-corrected chi connectivity index (χ1v) is 18.1. The molecule has 45 heavy (non-hydrogen) atoms. The van der Waals surface area contributed by atoms with E-state index in [9.17, 15) is 9.59 Å². The van der Waals surface area contributed by atoms with Crippen molar-refractivity contribution in [2.24, 2.45) is 0 Å². The van der Waals surface area contributed by atoms with Crippen LogP contribution in [-0.2, 0) is 9.59 Å². The molecule has 0 fully saturated rings. The van der Waals surface area contributed by atoms with Crippen molar-refractivity contribution >= 4 is 11.9 Å². The number of aliphatic hydroxyl groups is 2. The van der Waals surface area contributed by atoms with Gasteiger partial charge in [0, 0.05) is 12.8 Å². The Morgan fingerprint density at radius 3 is 1.02 bits per heavy atom. The van der Waals surface area contributed by atoms with Gasteiger partial charge in [-0.05, 0) is 84.0 Å². The minimum absolute atomic E-state index is 0.139. The Balaban J connectivity index is -0.000000680. The van der Waals surface area contributed by atoms with Crippen LogP contribution < -0.4 is 0 Å². The number of carbonyl (C=O) groups is 2. The molecule has 0 aromatic carbocycles. The summed E-state index contributed by atoms with van der Waals surface area (Å²) < 4.78 is 0. The number of aliphatic carboxylic acids is 2. The van der Waals surface area contributed by atoms with Crippen molar-refractivity contribution < 1.29 is 30.0 Å². The Bertz CT molecular complexity index is 652. The highest BCUT2D eigenvalue weighted by Crippen LogP contribution is 2.09. The number of carboxylic acid groups (broad SMARTS) is 2. The molecular formula is C39H72O6. The van der Waals surface area contributed by atoms with Crippen LogP contribution in [0.2, 0.25) is 0 Å². The Morgan fingerprint density at radius 1 is 0.489 bits per heavy atom. The smallest absolute Gasteiger partial charge is 0.303 e. The summed E-state index contributed by atoms with van der Waals surface area (Å²) in [6.07, 6.45) is 44.0. The Morgan fingerprint density at radius 2 is 0.756 bits per heavy atom. The predicted octanol–water partition coefficient (Wildman–Crippen LogP) is 11.1. The first-order chi connectivity index (χ1) is 21.8. The summed E-state index contributed by atoms with van der Waals surface area (Å²) in [4.78, 5) is 20.6. The van der Waals surface area contributed by atoms with Crippen LogP contribution in [0.3, 0.4) is 0 Å². The minimum atomic E-state index is -0.671. The summed E-state index contributed by atoms with van der Waals surface area (Å²) in [7, 11) is 0. The highest BCUT2D eigenvalue weighted by atomic mass is 16.4. The van der Waals surface area contributed by atoms with E-state index < -0.39 is 18.0 Å². The highest BCUT2D eigenvalue weighted by Gasteiger charge is 1.96. The van der Waals surface area contributed by atoms with E-state index in [1.165, 1.54) is 96.8 Å². The second-order valence-corrected chi connectivity index (χ2v) is 11.8. The molecule has 1 atom stereocenters. The van der Waals surface area contributed by atoms with Gasteiger partial charge in [0.15, 0.2) is 0 Å². The molecule has 0 radical (unpaired) electrons. The van der Waals surface area contributed by atoms with Gasteiger partial charge in [-0.1, -0.05) is 127 Å². The average molecular weight is 637 g/mol. The Kier molecular flexibility index (Phi) is 46.1. The normalized spacial score (nSPS) is 12.0. The lowest BCUT2D eigenvalue weighted by atomic mass is 10.1. The van der Waals surface area contributed by atoms with E-state index >= 15 is 0 Å². The highest BCUT2D eigenvalue weighted by molar-refractivity contribution is 5.66. The van der Waals surface area contributed by atoms with Crippen LogP contribution in [-0.4, -0.2) is 45.1 Å². The second kappa shape index (κ2) is 43.9. The third-order valence-corrected chi connectivity index (χ3v) is 6.95. The third kappa shape index (κ3) is 58.0. The molecule has 0 aromatic heterocycles. The topological polar surface area (TPSA) is 115 Å². The van der Waals surface area contributed by atoms with Crippen molar-refractivity contribution in [3.05, 3.63) is 48.6 Å². The molecule has 264 valence electrons. The molecule has 0 heterocycles.